The zero-order chi connectivity index (χ0) is 14.9. The molecule has 0 atom stereocenters. The third-order valence-electron chi connectivity index (χ3n) is 3.52. The highest BCUT2D eigenvalue weighted by Crippen LogP contribution is 2.16. The van der Waals surface area contributed by atoms with E-state index >= 15 is 0 Å². The molecule has 1 aromatic rings. The highest BCUT2D eigenvalue weighted by molar-refractivity contribution is 6.31. The number of hydrogen-bond donors (Lipinski definition) is 2. The van der Waals surface area contributed by atoms with Crippen LogP contribution < -0.4 is 10.6 Å². The van der Waals surface area contributed by atoms with Gasteiger partial charge in [-0.1, -0.05) is 42.0 Å². The van der Waals surface area contributed by atoms with Crippen molar-refractivity contribution in [3.8, 4) is 0 Å². The molecule has 0 saturated carbocycles. The van der Waals surface area contributed by atoms with Crippen LogP contribution in [0.3, 0.4) is 0 Å². The first-order chi connectivity index (χ1) is 10.3. The molecule has 114 valence electrons. The first-order valence-electron chi connectivity index (χ1n) is 7.73. The summed E-state index contributed by atoms with van der Waals surface area (Å²) in [7, 11) is 0. The van der Waals surface area contributed by atoms with Crippen LogP contribution in [-0.4, -0.2) is 25.1 Å². The van der Waals surface area contributed by atoms with Gasteiger partial charge in [0.15, 0.2) is 5.96 Å². The average Bonchev–Trinajstić information content (AvgIpc) is 2.98. The normalized spacial score (nSPS) is 15.4. The van der Waals surface area contributed by atoms with Gasteiger partial charge in [-0.2, -0.15) is 0 Å². The average molecular weight is 306 g/mol. The monoisotopic (exact) mass is 305 g/mol. The summed E-state index contributed by atoms with van der Waals surface area (Å²) < 4.78 is 0. The van der Waals surface area contributed by atoms with Crippen molar-refractivity contribution < 1.29 is 0 Å². The highest BCUT2D eigenvalue weighted by Gasteiger charge is 2.11. The molecule has 1 aliphatic rings. The number of aliphatic imine (C=N–C) groups is 1. The van der Waals surface area contributed by atoms with Crippen LogP contribution in [0.25, 0.3) is 0 Å². The molecule has 0 radical (unpaired) electrons. The minimum absolute atomic E-state index is 0.492. The van der Waals surface area contributed by atoms with Crippen LogP contribution in [0.5, 0.6) is 0 Å². The predicted molar refractivity (Wildman–Crippen MR) is 91.0 cm³/mol. The number of rotatable bonds is 6. The fraction of sp³-hybridized carbons (Fsp3) is 0.471. The summed E-state index contributed by atoms with van der Waals surface area (Å²) in [6.45, 7) is 3.78. The first-order valence-corrected chi connectivity index (χ1v) is 8.10. The van der Waals surface area contributed by atoms with Gasteiger partial charge < -0.3 is 10.6 Å². The smallest absolute Gasteiger partial charge is 0.191 e. The molecule has 0 bridgehead atoms. The van der Waals surface area contributed by atoms with Gasteiger partial charge in [0.2, 0.25) is 0 Å². The lowest BCUT2D eigenvalue weighted by molar-refractivity contribution is 0.632. The Morgan fingerprint density at radius 1 is 1.29 bits per heavy atom. The van der Waals surface area contributed by atoms with Crippen molar-refractivity contribution in [1.82, 2.24) is 10.6 Å². The predicted octanol–water partition coefficient (Wildman–Crippen LogP) is 3.55. The molecule has 0 unspecified atom stereocenters. The van der Waals surface area contributed by atoms with Gasteiger partial charge in [-0.15, -0.1) is 0 Å². The van der Waals surface area contributed by atoms with E-state index in [9.17, 15) is 0 Å². The second-order valence-electron chi connectivity index (χ2n) is 5.24. The SMILES string of the molecule is CCNC(=NCCCc1ccccc1Cl)NC1CC=CC1. The summed E-state index contributed by atoms with van der Waals surface area (Å²) in [6, 6.07) is 8.51. The Hall–Kier alpha value is -1.48. The summed E-state index contributed by atoms with van der Waals surface area (Å²) >= 11 is 6.16. The molecular weight excluding hydrogens is 282 g/mol. The fourth-order valence-corrected chi connectivity index (χ4v) is 2.64. The molecule has 1 aliphatic carbocycles. The molecule has 0 spiro atoms. The third kappa shape index (κ3) is 5.43. The van der Waals surface area contributed by atoms with Crippen LogP contribution in [0, 0.1) is 0 Å². The maximum atomic E-state index is 6.16. The Morgan fingerprint density at radius 3 is 2.76 bits per heavy atom. The number of benzene rings is 1. The number of hydrogen-bond acceptors (Lipinski definition) is 1. The zero-order valence-electron chi connectivity index (χ0n) is 12.6. The van der Waals surface area contributed by atoms with Crippen LogP contribution in [0.1, 0.15) is 31.7 Å². The molecule has 2 N–H and O–H groups in total. The number of halogens is 1. The molecule has 2 rings (SSSR count). The van der Waals surface area contributed by atoms with Crippen molar-refractivity contribution in [2.24, 2.45) is 4.99 Å². The molecule has 0 aliphatic heterocycles. The van der Waals surface area contributed by atoms with Gasteiger partial charge in [-0.3, -0.25) is 4.99 Å². The van der Waals surface area contributed by atoms with Crippen LogP contribution in [0.4, 0.5) is 0 Å². The summed E-state index contributed by atoms with van der Waals surface area (Å²) in [5.41, 5.74) is 1.20. The molecule has 0 aromatic heterocycles. The van der Waals surface area contributed by atoms with Gasteiger partial charge in [0.25, 0.3) is 0 Å². The topological polar surface area (TPSA) is 36.4 Å². The van der Waals surface area contributed by atoms with Crippen molar-refractivity contribution in [3.05, 3.63) is 47.0 Å². The summed E-state index contributed by atoms with van der Waals surface area (Å²) in [4.78, 5) is 4.65. The summed E-state index contributed by atoms with van der Waals surface area (Å²) in [5.74, 6) is 0.922. The van der Waals surface area contributed by atoms with Gasteiger partial charge in [0.05, 0.1) is 0 Å². The lowest BCUT2D eigenvalue weighted by Crippen LogP contribution is -2.42. The molecule has 0 saturated heterocycles. The number of nitrogens with zero attached hydrogens (tertiary/aromatic N) is 1. The van der Waals surface area contributed by atoms with Crippen molar-refractivity contribution >= 4 is 17.6 Å². The summed E-state index contributed by atoms with van der Waals surface area (Å²) in [6.07, 6.45) is 8.59. The van der Waals surface area contributed by atoms with Gasteiger partial charge >= 0.3 is 0 Å². The van der Waals surface area contributed by atoms with E-state index in [1.54, 1.807) is 0 Å². The number of guanidine groups is 1. The lowest BCUT2D eigenvalue weighted by Gasteiger charge is -2.16. The van der Waals surface area contributed by atoms with E-state index in [-0.39, 0.29) is 0 Å². The van der Waals surface area contributed by atoms with E-state index in [4.69, 9.17) is 11.6 Å². The lowest BCUT2D eigenvalue weighted by atomic mass is 10.1. The van der Waals surface area contributed by atoms with Gasteiger partial charge in [-0.05, 0) is 44.2 Å². The maximum absolute atomic E-state index is 6.16. The third-order valence-corrected chi connectivity index (χ3v) is 3.89. The Labute approximate surface area is 132 Å². The molecule has 4 heteroatoms. The molecule has 0 heterocycles. The Morgan fingerprint density at radius 2 is 2.05 bits per heavy atom. The van der Waals surface area contributed by atoms with Crippen LogP contribution in [0.15, 0.2) is 41.4 Å². The van der Waals surface area contributed by atoms with Crippen LogP contribution in [-0.2, 0) is 6.42 Å². The summed E-state index contributed by atoms with van der Waals surface area (Å²) in [5, 5.41) is 7.63. The largest absolute Gasteiger partial charge is 0.357 e. The minimum atomic E-state index is 0.492. The maximum Gasteiger partial charge on any atom is 0.191 e. The minimum Gasteiger partial charge on any atom is -0.357 e. The second kappa shape index (κ2) is 8.73. The molecule has 0 amide bonds. The van der Waals surface area contributed by atoms with Crippen molar-refractivity contribution in [1.29, 1.82) is 0 Å². The number of aryl methyl sites for hydroxylation is 1. The highest BCUT2D eigenvalue weighted by atomic mass is 35.5. The van der Waals surface area contributed by atoms with Crippen molar-refractivity contribution in [2.75, 3.05) is 13.1 Å². The van der Waals surface area contributed by atoms with E-state index in [0.717, 1.165) is 49.8 Å². The molecule has 3 nitrogen and oxygen atoms in total. The molecular formula is C17H24ClN3. The standard InChI is InChI=1S/C17H24ClN3/c1-2-19-17(21-15-10-4-5-11-15)20-13-7-9-14-8-3-6-12-16(14)18/h3-6,8,12,15H,2,7,9-11,13H2,1H3,(H2,19,20,21). The Kier molecular flexibility index (Phi) is 6.61. The molecule has 0 fully saturated rings. The van der Waals surface area contributed by atoms with Gasteiger partial charge in [-0.25, -0.2) is 0 Å². The fourth-order valence-electron chi connectivity index (χ4n) is 2.41. The van der Waals surface area contributed by atoms with E-state index < -0.39 is 0 Å². The van der Waals surface area contributed by atoms with E-state index in [0.29, 0.717) is 6.04 Å². The second-order valence-corrected chi connectivity index (χ2v) is 5.65. The number of nitrogens with one attached hydrogen (secondary N) is 2. The van der Waals surface area contributed by atoms with Gasteiger partial charge in [0.1, 0.15) is 0 Å². The van der Waals surface area contributed by atoms with E-state index in [1.165, 1.54) is 5.56 Å². The van der Waals surface area contributed by atoms with Gasteiger partial charge in [0, 0.05) is 24.2 Å². The molecule has 21 heavy (non-hydrogen) atoms. The first kappa shape index (κ1) is 15.9. The molecule has 1 aromatic carbocycles. The van der Waals surface area contributed by atoms with E-state index in [1.807, 2.05) is 18.2 Å². The van der Waals surface area contributed by atoms with Crippen LogP contribution >= 0.6 is 11.6 Å². The Balaban J connectivity index is 1.78. The van der Waals surface area contributed by atoms with Crippen molar-refractivity contribution in [3.63, 3.8) is 0 Å². The van der Waals surface area contributed by atoms with Crippen LogP contribution in [0.2, 0.25) is 5.02 Å². The van der Waals surface area contributed by atoms with Crippen molar-refractivity contribution in [2.45, 2.75) is 38.6 Å². The van der Waals surface area contributed by atoms with E-state index in [2.05, 4.69) is 40.8 Å². The Bertz CT molecular complexity index is 489. The zero-order valence-corrected chi connectivity index (χ0v) is 13.4. The quantitative estimate of drug-likeness (QED) is 0.365.